The molecule has 12 heteroatoms. The monoisotopic (exact) mass is 418 g/mol. The van der Waals surface area contributed by atoms with Crippen molar-refractivity contribution in [3.8, 4) is 0 Å². The second kappa shape index (κ2) is 7.09. The van der Waals surface area contributed by atoms with Gasteiger partial charge in [-0.05, 0) is 18.2 Å². The zero-order valence-electron chi connectivity index (χ0n) is 14.7. The highest BCUT2D eigenvalue weighted by Gasteiger charge is 2.35. The Morgan fingerprint density at radius 2 is 1.75 bits per heavy atom. The van der Waals surface area contributed by atoms with E-state index in [1.807, 2.05) is 0 Å². The van der Waals surface area contributed by atoms with Crippen LogP contribution in [-0.2, 0) is 23.2 Å². The molecule has 3 rings (SSSR count). The molecule has 0 aromatic carbocycles. The highest BCUT2D eigenvalue weighted by Crippen LogP contribution is 2.28. The van der Waals surface area contributed by atoms with Crippen LogP contribution in [0, 0.1) is 0 Å². The lowest BCUT2D eigenvalue weighted by Crippen LogP contribution is -2.50. The van der Waals surface area contributed by atoms with E-state index < -0.39 is 27.7 Å². The standard InChI is InChI=1S/C16H17F3N4O4S/c1-21-12(15(24)25)3-5-14(21)28(26,27)23-8-6-22(7-9-23)13-4-2-11(10-20-13)16(17,18)19/h2-5,10H,6-9H2,1H3,(H,24,25). The van der Waals surface area contributed by atoms with Crippen LogP contribution in [0.2, 0.25) is 0 Å². The number of carbonyl (C=O) groups is 1. The Morgan fingerprint density at radius 3 is 2.21 bits per heavy atom. The lowest BCUT2D eigenvalue weighted by atomic mass is 10.2. The number of H-pyrrole nitrogens is 1. The molecule has 1 aliphatic rings. The molecule has 2 aromatic rings. The number of carbonyl (C=O) groups excluding carboxylic acids is 1. The fourth-order valence-electron chi connectivity index (χ4n) is 3.05. The van der Waals surface area contributed by atoms with E-state index >= 15 is 0 Å². The van der Waals surface area contributed by atoms with Crippen molar-refractivity contribution in [1.29, 1.82) is 0 Å². The van der Waals surface area contributed by atoms with E-state index in [4.69, 9.17) is 0 Å². The van der Waals surface area contributed by atoms with Gasteiger partial charge >= 0.3 is 6.18 Å². The molecule has 0 bridgehead atoms. The van der Waals surface area contributed by atoms with Crippen molar-refractivity contribution < 1.29 is 36.5 Å². The zero-order chi connectivity index (χ0) is 20.7. The normalized spacial score (nSPS) is 16.4. The summed E-state index contributed by atoms with van der Waals surface area (Å²) in [6, 6.07) is 4.63. The van der Waals surface area contributed by atoms with Crippen LogP contribution in [0.5, 0.6) is 0 Å². The first-order valence-corrected chi connectivity index (χ1v) is 9.67. The lowest BCUT2D eigenvalue weighted by Gasteiger charge is -2.30. The van der Waals surface area contributed by atoms with E-state index in [0.717, 1.165) is 22.9 Å². The van der Waals surface area contributed by atoms with E-state index in [1.54, 1.807) is 4.90 Å². The van der Waals surface area contributed by atoms with Gasteiger partial charge in [0.15, 0.2) is 5.03 Å². The summed E-state index contributed by atoms with van der Waals surface area (Å²) in [5.41, 5.74) is -1.05. The molecule has 3 heterocycles. The number of alkyl halides is 3. The van der Waals surface area contributed by atoms with Crippen LogP contribution < -0.4 is 15.0 Å². The van der Waals surface area contributed by atoms with E-state index in [9.17, 15) is 31.5 Å². The minimum Gasteiger partial charge on any atom is -0.543 e. The Bertz CT molecular complexity index is 978. The number of hydrogen-bond acceptors (Lipinski definition) is 5. The van der Waals surface area contributed by atoms with Gasteiger partial charge in [0, 0.05) is 13.1 Å². The number of pyridine rings is 1. The Labute approximate surface area is 158 Å². The van der Waals surface area contributed by atoms with Gasteiger partial charge in [0.05, 0.1) is 43.4 Å². The second-order valence-corrected chi connectivity index (χ2v) is 8.14. The van der Waals surface area contributed by atoms with Crippen molar-refractivity contribution in [2.45, 2.75) is 11.2 Å². The summed E-state index contributed by atoms with van der Waals surface area (Å²) in [6.07, 6.45) is -3.58. The molecule has 0 aliphatic carbocycles. The van der Waals surface area contributed by atoms with Crippen LogP contribution in [0.1, 0.15) is 16.1 Å². The molecular formula is C16H17F3N4O4S. The Kier molecular flexibility index (Phi) is 5.10. The maximum atomic E-state index is 12.8. The molecule has 0 spiro atoms. The molecule has 0 unspecified atom stereocenters. The minimum atomic E-state index is -4.44. The average Bonchev–Trinajstić information content (AvgIpc) is 3.04. The van der Waals surface area contributed by atoms with Gasteiger partial charge in [-0.25, -0.2) is 13.4 Å². The van der Waals surface area contributed by atoms with Gasteiger partial charge < -0.3 is 14.5 Å². The highest BCUT2D eigenvalue weighted by atomic mass is 32.2. The highest BCUT2D eigenvalue weighted by molar-refractivity contribution is 7.89. The third-order valence-corrected chi connectivity index (χ3v) is 6.58. The third kappa shape index (κ3) is 3.69. The van der Waals surface area contributed by atoms with Crippen LogP contribution in [-0.4, -0.2) is 49.4 Å². The first-order valence-electron chi connectivity index (χ1n) is 8.23. The Balaban J connectivity index is 1.72. The number of aromatic nitrogens is 2. The Hall–Kier alpha value is -2.60. The van der Waals surface area contributed by atoms with Crippen molar-refractivity contribution in [1.82, 2.24) is 8.87 Å². The van der Waals surface area contributed by atoms with Gasteiger partial charge in [-0.15, -0.1) is 0 Å². The van der Waals surface area contributed by atoms with E-state index in [0.29, 0.717) is 5.82 Å². The summed E-state index contributed by atoms with van der Waals surface area (Å²) in [5, 5.41) is 10.8. The molecule has 0 radical (unpaired) electrons. The first kappa shape index (κ1) is 20.1. The summed E-state index contributed by atoms with van der Waals surface area (Å²) >= 11 is 0. The van der Waals surface area contributed by atoms with E-state index in [2.05, 4.69) is 4.98 Å². The molecule has 28 heavy (non-hydrogen) atoms. The summed E-state index contributed by atoms with van der Waals surface area (Å²) < 4.78 is 65.7. The molecule has 0 atom stereocenters. The summed E-state index contributed by atoms with van der Waals surface area (Å²) in [5.74, 6) is -1.03. The van der Waals surface area contributed by atoms with Crippen LogP contribution in [0.15, 0.2) is 35.5 Å². The summed E-state index contributed by atoms with van der Waals surface area (Å²) in [4.78, 5) is 15.3. The van der Waals surface area contributed by atoms with E-state index in [1.165, 1.54) is 23.5 Å². The number of sulfonamides is 1. The number of aromatic carboxylic acids is 1. The van der Waals surface area contributed by atoms with Crippen molar-refractivity contribution in [2.24, 2.45) is 7.05 Å². The second-order valence-electron chi connectivity index (χ2n) is 6.25. The van der Waals surface area contributed by atoms with Gasteiger partial charge in [0.2, 0.25) is 0 Å². The molecule has 2 aromatic heterocycles. The molecule has 0 amide bonds. The quantitative estimate of drug-likeness (QED) is 0.681. The predicted molar refractivity (Wildman–Crippen MR) is 88.7 cm³/mol. The number of anilines is 1. The third-order valence-electron chi connectivity index (χ3n) is 4.59. The lowest BCUT2D eigenvalue weighted by molar-refractivity contribution is -0.367. The van der Waals surface area contributed by atoms with Crippen LogP contribution >= 0.6 is 0 Å². The van der Waals surface area contributed by atoms with E-state index in [-0.39, 0.29) is 36.9 Å². The zero-order valence-corrected chi connectivity index (χ0v) is 15.5. The molecule has 152 valence electrons. The first-order chi connectivity index (χ1) is 13.0. The van der Waals surface area contributed by atoms with Gasteiger partial charge in [0.1, 0.15) is 6.20 Å². The van der Waals surface area contributed by atoms with Crippen molar-refractivity contribution in [3.05, 3.63) is 41.7 Å². The number of nitrogens with zero attached hydrogens (tertiary/aromatic N) is 3. The maximum absolute atomic E-state index is 12.8. The topological polar surface area (TPSA) is 99.8 Å². The van der Waals surface area contributed by atoms with Gasteiger partial charge in [0.25, 0.3) is 15.8 Å². The fraction of sp³-hybridized carbons (Fsp3) is 0.375. The SMILES string of the molecule is Cn1c(C(=O)[O-])ccc1S(=O)(=O)N1CCN(c2ccc(C(F)(F)F)c[nH+]2)CC1. The van der Waals surface area contributed by atoms with Crippen molar-refractivity contribution >= 4 is 21.8 Å². The maximum Gasteiger partial charge on any atom is 0.419 e. The molecule has 1 aliphatic heterocycles. The fourth-order valence-corrected chi connectivity index (χ4v) is 4.64. The van der Waals surface area contributed by atoms with Crippen molar-refractivity contribution in [2.75, 3.05) is 31.1 Å². The summed E-state index contributed by atoms with van der Waals surface area (Å²) in [6.45, 7) is 0.726. The number of halogens is 3. The molecule has 0 saturated carbocycles. The molecule has 1 fully saturated rings. The number of piperazine rings is 1. The Morgan fingerprint density at radius 1 is 1.11 bits per heavy atom. The van der Waals surface area contributed by atoms with Crippen LogP contribution in [0.3, 0.4) is 0 Å². The number of aromatic amines is 1. The van der Waals surface area contributed by atoms with Gasteiger partial charge in [-0.1, -0.05) is 0 Å². The number of rotatable bonds is 4. The average molecular weight is 418 g/mol. The number of hydrogen-bond donors (Lipinski definition) is 0. The molecule has 1 N–H and O–H groups in total. The minimum absolute atomic E-state index is 0.100. The predicted octanol–water partition coefficient (Wildman–Crippen LogP) is -0.268. The smallest absolute Gasteiger partial charge is 0.419 e. The summed E-state index contributed by atoms with van der Waals surface area (Å²) in [7, 11) is -2.59. The van der Waals surface area contributed by atoms with Crippen molar-refractivity contribution in [3.63, 3.8) is 0 Å². The number of nitrogens with one attached hydrogen (secondary N) is 1. The van der Waals surface area contributed by atoms with Gasteiger partial charge in [-0.2, -0.15) is 17.5 Å². The van der Waals surface area contributed by atoms with Crippen LogP contribution in [0.4, 0.5) is 19.0 Å². The number of carboxylic acids is 1. The van der Waals surface area contributed by atoms with Gasteiger partial charge in [-0.3, -0.25) is 4.90 Å². The number of carboxylic acid groups (broad SMARTS) is 1. The largest absolute Gasteiger partial charge is 0.543 e. The van der Waals surface area contributed by atoms with Crippen LogP contribution in [0.25, 0.3) is 0 Å². The molecular weight excluding hydrogens is 401 g/mol. The molecule has 1 saturated heterocycles. The molecule has 8 nitrogen and oxygen atoms in total.